The minimum atomic E-state index is 0.243. The van der Waals surface area contributed by atoms with E-state index < -0.39 is 0 Å². The molecule has 1 aliphatic heterocycles. The molecule has 0 bridgehead atoms. The third kappa shape index (κ3) is 2.28. The van der Waals surface area contributed by atoms with Crippen LogP contribution in [-0.4, -0.2) is 39.1 Å². The van der Waals surface area contributed by atoms with Crippen molar-refractivity contribution in [2.45, 2.75) is 91.6 Å². The predicted octanol–water partition coefficient (Wildman–Crippen LogP) is 3.32. The molecule has 2 unspecified atom stereocenters. The number of nitrogens with zero attached hydrogens (tertiary/aromatic N) is 2. The molecule has 0 radical (unpaired) electrons. The van der Waals surface area contributed by atoms with E-state index in [-0.39, 0.29) is 11.1 Å². The summed E-state index contributed by atoms with van der Waals surface area (Å²) in [5, 5.41) is 0. The summed E-state index contributed by atoms with van der Waals surface area (Å²) in [6.45, 7) is 21.0. The monoisotopic (exact) mass is 226 g/mol. The summed E-state index contributed by atoms with van der Waals surface area (Å²) in [7, 11) is 0. The van der Waals surface area contributed by atoms with Crippen molar-refractivity contribution in [1.29, 1.82) is 0 Å². The molecule has 0 aromatic carbocycles. The molecule has 16 heavy (non-hydrogen) atoms. The first-order valence-electron chi connectivity index (χ1n) is 6.55. The van der Waals surface area contributed by atoms with Gasteiger partial charge in [0, 0.05) is 23.2 Å². The maximum absolute atomic E-state index is 2.64. The van der Waals surface area contributed by atoms with Crippen molar-refractivity contribution in [3.05, 3.63) is 0 Å². The zero-order valence-corrected chi connectivity index (χ0v) is 12.6. The van der Waals surface area contributed by atoms with Crippen molar-refractivity contribution in [3.63, 3.8) is 0 Å². The average molecular weight is 226 g/mol. The summed E-state index contributed by atoms with van der Waals surface area (Å²) >= 11 is 0. The molecule has 1 fully saturated rings. The van der Waals surface area contributed by atoms with Crippen LogP contribution in [-0.2, 0) is 0 Å². The lowest BCUT2D eigenvalue weighted by molar-refractivity contribution is 0.0148. The summed E-state index contributed by atoms with van der Waals surface area (Å²) in [6, 6.07) is 1.24. The van der Waals surface area contributed by atoms with E-state index in [1.165, 1.54) is 0 Å². The molecule has 1 aliphatic rings. The Balaban J connectivity index is 3.04. The first-order chi connectivity index (χ1) is 6.98. The van der Waals surface area contributed by atoms with E-state index in [4.69, 9.17) is 0 Å². The highest BCUT2D eigenvalue weighted by molar-refractivity contribution is 5.01. The van der Waals surface area contributed by atoms with Crippen molar-refractivity contribution in [2.24, 2.45) is 0 Å². The van der Waals surface area contributed by atoms with Crippen LogP contribution in [0.1, 0.15) is 62.3 Å². The van der Waals surface area contributed by atoms with Crippen molar-refractivity contribution in [2.75, 3.05) is 0 Å². The van der Waals surface area contributed by atoms with Crippen LogP contribution in [0.15, 0.2) is 0 Å². The molecule has 1 saturated heterocycles. The molecule has 2 nitrogen and oxygen atoms in total. The summed E-state index contributed by atoms with van der Waals surface area (Å²) in [5.74, 6) is 0. The predicted molar refractivity (Wildman–Crippen MR) is 71.6 cm³/mol. The lowest BCUT2D eigenvalue weighted by Gasteiger charge is -2.42. The Bertz CT molecular complexity index is 220. The fraction of sp³-hybridized carbons (Fsp3) is 1.00. The fourth-order valence-electron chi connectivity index (χ4n) is 3.62. The molecule has 0 saturated carbocycles. The second-order valence-corrected chi connectivity index (χ2v) is 7.27. The molecule has 1 rings (SSSR count). The maximum Gasteiger partial charge on any atom is 0.0608 e. The van der Waals surface area contributed by atoms with Gasteiger partial charge in [-0.2, -0.15) is 0 Å². The number of rotatable bonds is 0. The molecule has 0 aromatic rings. The summed E-state index contributed by atoms with van der Waals surface area (Å²) in [6.07, 6.45) is 0.519. The van der Waals surface area contributed by atoms with Crippen molar-refractivity contribution >= 4 is 0 Å². The van der Waals surface area contributed by atoms with Gasteiger partial charge in [-0.3, -0.25) is 9.80 Å². The topological polar surface area (TPSA) is 6.48 Å². The van der Waals surface area contributed by atoms with Gasteiger partial charge in [0.15, 0.2) is 0 Å². The lowest BCUT2D eigenvalue weighted by atomic mass is 10.0. The molecular weight excluding hydrogens is 196 g/mol. The lowest BCUT2D eigenvalue weighted by Crippen LogP contribution is -2.52. The quantitative estimate of drug-likeness (QED) is 0.625. The second kappa shape index (κ2) is 3.99. The van der Waals surface area contributed by atoms with Crippen LogP contribution < -0.4 is 0 Å². The van der Waals surface area contributed by atoms with Crippen molar-refractivity contribution in [3.8, 4) is 0 Å². The Morgan fingerprint density at radius 3 is 1.00 bits per heavy atom. The van der Waals surface area contributed by atoms with Crippen LogP contribution >= 0.6 is 0 Å². The van der Waals surface area contributed by atoms with E-state index in [0.29, 0.717) is 18.2 Å². The maximum atomic E-state index is 2.64. The SMILES string of the molecule is CC1C(C)N(C(C)(C)C)C(C)N1C(C)(C)C. The summed E-state index contributed by atoms with van der Waals surface area (Å²) in [4.78, 5) is 5.28. The van der Waals surface area contributed by atoms with Gasteiger partial charge >= 0.3 is 0 Å². The first-order valence-corrected chi connectivity index (χ1v) is 6.55. The highest BCUT2D eigenvalue weighted by atomic mass is 15.5. The van der Waals surface area contributed by atoms with Crippen molar-refractivity contribution < 1.29 is 0 Å². The molecule has 96 valence electrons. The Hall–Kier alpha value is -0.0800. The van der Waals surface area contributed by atoms with Gasteiger partial charge in [0.1, 0.15) is 0 Å². The summed E-state index contributed by atoms with van der Waals surface area (Å²) in [5.41, 5.74) is 0.486. The van der Waals surface area contributed by atoms with Crippen LogP contribution in [0, 0.1) is 0 Å². The van der Waals surface area contributed by atoms with E-state index in [2.05, 4.69) is 72.1 Å². The van der Waals surface area contributed by atoms with Crippen molar-refractivity contribution in [1.82, 2.24) is 9.80 Å². The number of hydrogen-bond donors (Lipinski definition) is 0. The molecular formula is C14H30N2. The summed E-state index contributed by atoms with van der Waals surface area (Å²) < 4.78 is 0. The van der Waals surface area contributed by atoms with E-state index in [1.54, 1.807) is 0 Å². The van der Waals surface area contributed by atoms with Crippen LogP contribution in [0.2, 0.25) is 0 Å². The highest BCUT2D eigenvalue weighted by Crippen LogP contribution is 2.37. The standard InChI is InChI=1S/C14H30N2/c1-10-11(2)16(14(7,8)9)12(3)15(10)13(4,5)6/h10-12H,1-9H3. The van der Waals surface area contributed by atoms with Crippen LogP contribution in [0.5, 0.6) is 0 Å². The van der Waals surface area contributed by atoms with Gasteiger partial charge in [-0.25, -0.2) is 0 Å². The van der Waals surface area contributed by atoms with Gasteiger partial charge in [0.25, 0.3) is 0 Å². The van der Waals surface area contributed by atoms with E-state index in [9.17, 15) is 0 Å². The molecule has 1 heterocycles. The fourth-order valence-corrected chi connectivity index (χ4v) is 3.62. The molecule has 2 heteroatoms. The molecule has 0 spiro atoms. The van der Waals surface area contributed by atoms with Gasteiger partial charge in [0.2, 0.25) is 0 Å². The highest BCUT2D eigenvalue weighted by Gasteiger charge is 2.48. The largest absolute Gasteiger partial charge is 0.279 e. The normalized spacial score (nSPS) is 34.7. The van der Waals surface area contributed by atoms with E-state index in [0.717, 1.165) is 0 Å². The molecule has 2 atom stereocenters. The Kier molecular flexibility index (Phi) is 3.49. The second-order valence-electron chi connectivity index (χ2n) is 7.27. The van der Waals surface area contributed by atoms with Crippen LogP contribution in [0.4, 0.5) is 0 Å². The van der Waals surface area contributed by atoms with Gasteiger partial charge in [-0.1, -0.05) is 0 Å². The molecule has 0 amide bonds. The third-order valence-electron chi connectivity index (χ3n) is 3.93. The minimum Gasteiger partial charge on any atom is -0.279 e. The Morgan fingerprint density at radius 2 is 0.875 bits per heavy atom. The first kappa shape index (κ1) is 14.0. The Morgan fingerprint density at radius 1 is 0.625 bits per heavy atom. The van der Waals surface area contributed by atoms with Gasteiger partial charge in [0.05, 0.1) is 6.17 Å². The number of hydrogen-bond acceptors (Lipinski definition) is 2. The molecule has 0 aliphatic carbocycles. The molecule has 0 aromatic heterocycles. The van der Waals surface area contributed by atoms with E-state index in [1.807, 2.05) is 0 Å². The van der Waals surface area contributed by atoms with Gasteiger partial charge in [-0.15, -0.1) is 0 Å². The van der Waals surface area contributed by atoms with Crippen LogP contribution in [0.25, 0.3) is 0 Å². The molecule has 0 N–H and O–H groups in total. The van der Waals surface area contributed by atoms with E-state index >= 15 is 0 Å². The van der Waals surface area contributed by atoms with Crippen LogP contribution in [0.3, 0.4) is 0 Å². The zero-order valence-electron chi connectivity index (χ0n) is 12.6. The Labute approximate surface area is 102 Å². The van der Waals surface area contributed by atoms with Gasteiger partial charge < -0.3 is 0 Å². The van der Waals surface area contributed by atoms with Gasteiger partial charge in [-0.05, 0) is 62.3 Å². The smallest absolute Gasteiger partial charge is 0.0608 e. The zero-order chi connectivity index (χ0) is 12.9. The minimum absolute atomic E-state index is 0.243. The third-order valence-corrected chi connectivity index (χ3v) is 3.93. The average Bonchev–Trinajstić information content (AvgIpc) is 2.19.